The Balaban J connectivity index is 2.14. The van der Waals surface area contributed by atoms with Crippen LogP contribution >= 0.6 is 35.4 Å². The number of thiocarbonyl (C=S) groups is 1. The summed E-state index contributed by atoms with van der Waals surface area (Å²) in [5, 5.41) is 3.82. The molecule has 1 fully saturated rings. The zero-order chi connectivity index (χ0) is 13.3. The second kappa shape index (κ2) is 5.21. The Morgan fingerprint density at radius 1 is 1.33 bits per heavy atom. The summed E-state index contributed by atoms with van der Waals surface area (Å²) in [6, 6.07) is 4.90. The Labute approximate surface area is 121 Å². The molecule has 0 unspecified atom stereocenters. The summed E-state index contributed by atoms with van der Waals surface area (Å²) in [6.45, 7) is 0.412. The molecule has 2 rings (SSSR count). The molecule has 0 aliphatic carbocycles. The lowest BCUT2D eigenvalue weighted by molar-refractivity contribution is 0.555. The average Bonchev–Trinajstić information content (AvgIpc) is 2.63. The first kappa shape index (κ1) is 13.9. The molecule has 0 radical (unpaired) electrons. The normalized spacial score (nSPS) is 17.8. The highest BCUT2D eigenvalue weighted by molar-refractivity contribution is 7.91. The van der Waals surface area contributed by atoms with Crippen molar-refractivity contribution in [2.45, 2.75) is 6.42 Å². The molecule has 0 atom stereocenters. The van der Waals surface area contributed by atoms with E-state index in [-0.39, 0.29) is 10.9 Å². The van der Waals surface area contributed by atoms with Gasteiger partial charge in [-0.1, -0.05) is 23.2 Å². The Kier molecular flexibility index (Phi) is 4.01. The summed E-state index contributed by atoms with van der Waals surface area (Å²) in [5.41, 5.74) is 0.608. The highest BCUT2D eigenvalue weighted by atomic mass is 35.5. The van der Waals surface area contributed by atoms with Crippen molar-refractivity contribution in [3.8, 4) is 0 Å². The van der Waals surface area contributed by atoms with Gasteiger partial charge in [0.15, 0.2) is 5.11 Å². The molecule has 98 valence electrons. The highest BCUT2D eigenvalue weighted by Crippen LogP contribution is 2.25. The van der Waals surface area contributed by atoms with Crippen LogP contribution in [0.2, 0.25) is 10.0 Å². The van der Waals surface area contributed by atoms with Crippen LogP contribution in [-0.4, -0.2) is 30.1 Å². The summed E-state index contributed by atoms with van der Waals surface area (Å²) >= 11 is 16.7. The summed E-state index contributed by atoms with van der Waals surface area (Å²) in [6.07, 6.45) is 0.589. The third-order valence-corrected chi connectivity index (χ3v) is 5.52. The second-order valence-corrected chi connectivity index (χ2v) is 7.01. The number of anilines is 1. The van der Waals surface area contributed by atoms with Crippen LogP contribution in [-0.2, 0) is 10.0 Å². The molecule has 0 bridgehead atoms. The Morgan fingerprint density at radius 2 is 2.06 bits per heavy atom. The number of benzene rings is 1. The van der Waals surface area contributed by atoms with E-state index < -0.39 is 10.0 Å². The van der Waals surface area contributed by atoms with Crippen molar-refractivity contribution >= 4 is 56.2 Å². The predicted octanol–water partition coefficient (Wildman–Crippen LogP) is 2.73. The van der Waals surface area contributed by atoms with Crippen LogP contribution in [0.1, 0.15) is 6.42 Å². The summed E-state index contributed by atoms with van der Waals surface area (Å²) < 4.78 is 24.5. The van der Waals surface area contributed by atoms with Gasteiger partial charge in [0.05, 0.1) is 15.8 Å². The Morgan fingerprint density at radius 3 is 2.61 bits per heavy atom. The fraction of sp³-hybridized carbons (Fsp3) is 0.300. The van der Waals surface area contributed by atoms with Crippen molar-refractivity contribution in [1.29, 1.82) is 0 Å². The molecule has 0 aromatic heterocycles. The van der Waals surface area contributed by atoms with Crippen LogP contribution in [0.15, 0.2) is 18.2 Å². The van der Waals surface area contributed by atoms with Gasteiger partial charge in [0, 0.05) is 12.2 Å². The average molecular weight is 325 g/mol. The number of sulfonamides is 1. The summed E-state index contributed by atoms with van der Waals surface area (Å²) in [5.74, 6) is 0.135. The van der Waals surface area contributed by atoms with Crippen molar-refractivity contribution < 1.29 is 8.42 Å². The van der Waals surface area contributed by atoms with E-state index in [1.807, 2.05) is 0 Å². The van der Waals surface area contributed by atoms with E-state index in [0.717, 1.165) is 0 Å². The molecule has 1 aliphatic rings. The minimum absolute atomic E-state index is 0.135. The van der Waals surface area contributed by atoms with E-state index >= 15 is 0 Å². The zero-order valence-electron chi connectivity index (χ0n) is 9.19. The molecule has 1 aromatic carbocycles. The molecule has 1 aliphatic heterocycles. The quantitative estimate of drug-likeness (QED) is 0.807. The summed E-state index contributed by atoms with van der Waals surface area (Å²) in [7, 11) is -3.25. The van der Waals surface area contributed by atoms with Crippen molar-refractivity contribution in [3.05, 3.63) is 28.2 Å². The van der Waals surface area contributed by atoms with E-state index in [1.165, 1.54) is 4.31 Å². The monoisotopic (exact) mass is 324 g/mol. The van der Waals surface area contributed by atoms with Gasteiger partial charge in [-0.3, -0.25) is 0 Å². The van der Waals surface area contributed by atoms with Crippen LogP contribution in [0.5, 0.6) is 0 Å². The molecule has 1 heterocycles. The van der Waals surface area contributed by atoms with Gasteiger partial charge in [0.25, 0.3) is 0 Å². The molecule has 4 nitrogen and oxygen atoms in total. The topological polar surface area (TPSA) is 49.4 Å². The minimum Gasteiger partial charge on any atom is -0.332 e. The van der Waals surface area contributed by atoms with Crippen LogP contribution in [0.4, 0.5) is 5.69 Å². The van der Waals surface area contributed by atoms with E-state index in [1.54, 1.807) is 18.2 Å². The molecule has 8 heteroatoms. The number of hydrogen-bond acceptors (Lipinski definition) is 3. The fourth-order valence-electron chi connectivity index (χ4n) is 1.63. The van der Waals surface area contributed by atoms with Crippen LogP contribution in [0, 0.1) is 0 Å². The lowest BCUT2D eigenvalue weighted by atomic mass is 10.3. The van der Waals surface area contributed by atoms with Crippen LogP contribution in [0.25, 0.3) is 0 Å². The minimum atomic E-state index is -3.25. The molecule has 0 amide bonds. The second-order valence-electron chi connectivity index (χ2n) is 3.80. The number of rotatable bonds is 1. The number of hydrogen-bond donors (Lipinski definition) is 1. The van der Waals surface area contributed by atoms with Gasteiger partial charge >= 0.3 is 0 Å². The van der Waals surface area contributed by atoms with Gasteiger partial charge < -0.3 is 5.32 Å². The van der Waals surface area contributed by atoms with Gasteiger partial charge in [-0.05, 0) is 36.8 Å². The first-order chi connectivity index (χ1) is 8.40. The van der Waals surface area contributed by atoms with Crippen LogP contribution in [0.3, 0.4) is 0 Å². The maximum Gasteiger partial charge on any atom is 0.236 e. The first-order valence-corrected chi connectivity index (χ1v) is 7.94. The van der Waals surface area contributed by atoms with Gasteiger partial charge in [-0.15, -0.1) is 0 Å². The molecule has 1 saturated heterocycles. The molecular formula is C10H10Cl2N2O2S2. The van der Waals surface area contributed by atoms with E-state index in [0.29, 0.717) is 28.7 Å². The van der Waals surface area contributed by atoms with Crippen molar-refractivity contribution in [2.24, 2.45) is 0 Å². The van der Waals surface area contributed by atoms with E-state index in [2.05, 4.69) is 5.32 Å². The first-order valence-electron chi connectivity index (χ1n) is 5.16. The number of nitrogens with one attached hydrogen (secondary N) is 1. The third kappa shape index (κ3) is 2.88. The largest absolute Gasteiger partial charge is 0.332 e. The molecule has 1 N–H and O–H groups in total. The third-order valence-electron chi connectivity index (χ3n) is 2.50. The smallest absolute Gasteiger partial charge is 0.236 e. The lowest BCUT2D eigenvalue weighted by Gasteiger charge is -2.19. The van der Waals surface area contributed by atoms with E-state index in [9.17, 15) is 8.42 Å². The highest BCUT2D eigenvalue weighted by Gasteiger charge is 2.30. The molecule has 18 heavy (non-hydrogen) atoms. The maximum absolute atomic E-state index is 11.7. The van der Waals surface area contributed by atoms with Gasteiger partial charge in [0.1, 0.15) is 0 Å². The van der Waals surface area contributed by atoms with Gasteiger partial charge in [-0.2, -0.15) is 0 Å². The summed E-state index contributed by atoms with van der Waals surface area (Å²) in [4.78, 5) is 0. The lowest BCUT2D eigenvalue weighted by Crippen LogP contribution is -2.35. The van der Waals surface area contributed by atoms with Crippen molar-refractivity contribution in [1.82, 2.24) is 4.31 Å². The molecular weight excluding hydrogens is 315 g/mol. The van der Waals surface area contributed by atoms with Crippen LogP contribution < -0.4 is 5.32 Å². The van der Waals surface area contributed by atoms with Gasteiger partial charge in [-0.25, -0.2) is 12.7 Å². The predicted molar refractivity (Wildman–Crippen MR) is 77.8 cm³/mol. The SMILES string of the molecule is O=S1(=O)CCCN1C(=S)Nc1ccc(Cl)c(Cl)c1. The van der Waals surface area contributed by atoms with Crippen molar-refractivity contribution in [2.75, 3.05) is 17.6 Å². The fourth-order valence-corrected chi connectivity index (χ4v) is 3.90. The molecule has 0 spiro atoms. The molecule has 1 aromatic rings. The van der Waals surface area contributed by atoms with E-state index in [4.69, 9.17) is 35.4 Å². The molecule has 0 saturated carbocycles. The Bertz CT molecular complexity index is 590. The zero-order valence-corrected chi connectivity index (χ0v) is 12.3. The number of halogens is 2. The maximum atomic E-state index is 11.7. The van der Waals surface area contributed by atoms with Crippen molar-refractivity contribution in [3.63, 3.8) is 0 Å². The number of nitrogens with zero attached hydrogens (tertiary/aromatic N) is 1. The standard InChI is InChI=1S/C10H10Cl2N2O2S2/c11-8-3-2-7(6-9(8)12)13-10(17)14-4-1-5-18(14,15)16/h2-3,6H,1,4-5H2,(H,13,17). The Hall–Kier alpha value is -0.560. The van der Waals surface area contributed by atoms with Gasteiger partial charge in [0.2, 0.25) is 10.0 Å².